The van der Waals surface area contributed by atoms with Gasteiger partial charge in [-0.2, -0.15) is 0 Å². The third-order valence-corrected chi connectivity index (χ3v) is 3.06. The van der Waals surface area contributed by atoms with Gasteiger partial charge in [0.25, 0.3) is 0 Å². The van der Waals surface area contributed by atoms with Gasteiger partial charge in [-0.3, -0.25) is 4.79 Å². The zero-order valence-corrected chi connectivity index (χ0v) is 13.0. The fourth-order valence-corrected chi connectivity index (χ4v) is 2.74. The first-order chi connectivity index (χ1) is 8.35. The number of methoxy groups -OCH3 is 1. The summed E-state index contributed by atoms with van der Waals surface area (Å²) in [7, 11) is 1.47. The highest BCUT2D eigenvalue weighted by Gasteiger charge is 2.33. The molecule has 0 aromatic carbocycles. The molecule has 0 aliphatic carbocycles. The standard InChI is InChI=1S/C15H31NO2/c1-7-8-16-15(9-12(2)3,10-13(4)5)11-14(17)18-6/h12-13,16H,7-11H2,1-6H3. The molecule has 3 heteroatoms. The van der Waals surface area contributed by atoms with E-state index in [1.54, 1.807) is 0 Å². The molecule has 1 N–H and O–H groups in total. The van der Waals surface area contributed by atoms with Crippen LogP contribution in [0.5, 0.6) is 0 Å². The highest BCUT2D eigenvalue weighted by atomic mass is 16.5. The fraction of sp³-hybridized carbons (Fsp3) is 0.933. The maximum absolute atomic E-state index is 11.7. The molecule has 0 rings (SSSR count). The van der Waals surface area contributed by atoms with Crippen LogP contribution in [0.3, 0.4) is 0 Å². The molecule has 108 valence electrons. The third-order valence-electron chi connectivity index (χ3n) is 3.06. The molecule has 0 radical (unpaired) electrons. The van der Waals surface area contributed by atoms with Crippen molar-refractivity contribution >= 4 is 5.97 Å². The van der Waals surface area contributed by atoms with E-state index in [-0.39, 0.29) is 11.5 Å². The van der Waals surface area contributed by atoms with Crippen LogP contribution in [0.1, 0.15) is 60.3 Å². The van der Waals surface area contributed by atoms with Gasteiger partial charge in [0.1, 0.15) is 0 Å². The Morgan fingerprint density at radius 3 is 2.00 bits per heavy atom. The SMILES string of the molecule is CCCNC(CC(=O)OC)(CC(C)C)CC(C)C. The molecule has 0 amide bonds. The minimum atomic E-state index is -0.111. The summed E-state index contributed by atoms with van der Waals surface area (Å²) in [6.45, 7) is 11.9. The molecule has 0 heterocycles. The van der Waals surface area contributed by atoms with Gasteiger partial charge in [-0.15, -0.1) is 0 Å². The molecule has 0 unspecified atom stereocenters. The van der Waals surface area contributed by atoms with E-state index < -0.39 is 0 Å². The number of esters is 1. The summed E-state index contributed by atoms with van der Waals surface area (Å²) in [5.41, 5.74) is -0.106. The Bertz CT molecular complexity index is 227. The van der Waals surface area contributed by atoms with Gasteiger partial charge >= 0.3 is 5.97 Å². The molecule has 3 nitrogen and oxygen atoms in total. The molecule has 0 aliphatic rings. The molecule has 18 heavy (non-hydrogen) atoms. The first kappa shape index (κ1) is 17.4. The Balaban J connectivity index is 4.90. The number of rotatable bonds is 9. The maximum Gasteiger partial charge on any atom is 0.307 e. The van der Waals surface area contributed by atoms with E-state index in [1.807, 2.05) is 0 Å². The zero-order chi connectivity index (χ0) is 14.2. The third kappa shape index (κ3) is 7.00. The number of hydrogen-bond acceptors (Lipinski definition) is 3. The summed E-state index contributed by atoms with van der Waals surface area (Å²) < 4.78 is 4.87. The largest absolute Gasteiger partial charge is 0.469 e. The molecule has 0 bridgehead atoms. The fourth-order valence-electron chi connectivity index (χ4n) is 2.74. The number of carbonyl (C=O) groups is 1. The smallest absolute Gasteiger partial charge is 0.307 e. The van der Waals surface area contributed by atoms with Crippen molar-refractivity contribution in [2.24, 2.45) is 11.8 Å². The van der Waals surface area contributed by atoms with Crippen molar-refractivity contribution in [3.63, 3.8) is 0 Å². The highest BCUT2D eigenvalue weighted by Crippen LogP contribution is 2.29. The topological polar surface area (TPSA) is 38.3 Å². The van der Waals surface area contributed by atoms with E-state index in [1.165, 1.54) is 7.11 Å². The lowest BCUT2D eigenvalue weighted by Crippen LogP contribution is -2.49. The second-order valence-corrected chi connectivity index (χ2v) is 6.16. The number of hydrogen-bond donors (Lipinski definition) is 1. The van der Waals surface area contributed by atoms with Gasteiger partial charge < -0.3 is 10.1 Å². The van der Waals surface area contributed by atoms with Gasteiger partial charge in [0.2, 0.25) is 0 Å². The average Bonchev–Trinajstić information content (AvgIpc) is 2.24. The van der Waals surface area contributed by atoms with Crippen molar-refractivity contribution in [2.45, 2.75) is 65.8 Å². The normalized spacial score (nSPS) is 12.2. The Morgan fingerprint density at radius 1 is 1.17 bits per heavy atom. The molecular formula is C15H31NO2. The molecule has 0 fully saturated rings. The second-order valence-electron chi connectivity index (χ2n) is 6.16. The van der Waals surface area contributed by atoms with Crippen molar-refractivity contribution in [1.82, 2.24) is 5.32 Å². The molecule has 0 saturated carbocycles. The minimum absolute atomic E-state index is 0.106. The van der Waals surface area contributed by atoms with Gasteiger partial charge in [0.05, 0.1) is 13.5 Å². The van der Waals surface area contributed by atoms with Gasteiger partial charge in [-0.05, 0) is 37.6 Å². The summed E-state index contributed by atoms with van der Waals surface area (Å²) in [5.74, 6) is 1.02. The van der Waals surface area contributed by atoms with Crippen molar-refractivity contribution in [1.29, 1.82) is 0 Å². The summed E-state index contributed by atoms with van der Waals surface area (Å²) >= 11 is 0. The van der Waals surface area contributed by atoms with E-state index in [2.05, 4.69) is 39.9 Å². The van der Waals surface area contributed by atoms with Crippen molar-refractivity contribution in [3.8, 4) is 0 Å². The molecular weight excluding hydrogens is 226 g/mol. The van der Waals surface area contributed by atoms with E-state index in [0.717, 1.165) is 25.8 Å². The van der Waals surface area contributed by atoms with Crippen LogP contribution in [0.4, 0.5) is 0 Å². The first-order valence-electron chi connectivity index (χ1n) is 7.17. The summed E-state index contributed by atoms with van der Waals surface area (Å²) in [6, 6.07) is 0. The molecule has 0 aliphatic heterocycles. The van der Waals surface area contributed by atoms with E-state index >= 15 is 0 Å². The van der Waals surface area contributed by atoms with Crippen LogP contribution >= 0.6 is 0 Å². The van der Waals surface area contributed by atoms with Crippen molar-refractivity contribution < 1.29 is 9.53 Å². The molecule has 0 aromatic heterocycles. The number of ether oxygens (including phenoxy) is 1. The van der Waals surface area contributed by atoms with Crippen LogP contribution < -0.4 is 5.32 Å². The summed E-state index contributed by atoms with van der Waals surface area (Å²) in [4.78, 5) is 11.7. The van der Waals surface area contributed by atoms with Crippen LogP contribution in [0.25, 0.3) is 0 Å². The van der Waals surface area contributed by atoms with Crippen LogP contribution in [-0.4, -0.2) is 25.2 Å². The highest BCUT2D eigenvalue weighted by molar-refractivity contribution is 5.70. The lowest BCUT2D eigenvalue weighted by atomic mass is 9.79. The molecule has 0 aromatic rings. The van der Waals surface area contributed by atoms with Crippen LogP contribution in [-0.2, 0) is 9.53 Å². The Hall–Kier alpha value is -0.570. The first-order valence-corrected chi connectivity index (χ1v) is 7.17. The monoisotopic (exact) mass is 257 g/mol. The minimum Gasteiger partial charge on any atom is -0.469 e. The van der Waals surface area contributed by atoms with Crippen molar-refractivity contribution in [2.75, 3.05) is 13.7 Å². The zero-order valence-electron chi connectivity index (χ0n) is 13.0. The Morgan fingerprint density at radius 2 is 1.67 bits per heavy atom. The van der Waals surface area contributed by atoms with E-state index in [4.69, 9.17) is 4.74 Å². The Labute approximate surface area is 113 Å². The predicted octanol–water partition coefficient (Wildman–Crippen LogP) is 3.38. The number of nitrogens with one attached hydrogen (secondary N) is 1. The Kier molecular flexibility index (Phi) is 8.25. The van der Waals surface area contributed by atoms with Gasteiger partial charge in [0.15, 0.2) is 0 Å². The lowest BCUT2D eigenvalue weighted by molar-refractivity contribution is -0.142. The summed E-state index contributed by atoms with van der Waals surface area (Å²) in [6.07, 6.45) is 3.58. The van der Waals surface area contributed by atoms with Crippen LogP contribution in [0.15, 0.2) is 0 Å². The second kappa shape index (κ2) is 8.52. The van der Waals surface area contributed by atoms with E-state index in [0.29, 0.717) is 18.3 Å². The predicted molar refractivity (Wildman–Crippen MR) is 76.6 cm³/mol. The number of carbonyl (C=O) groups excluding carboxylic acids is 1. The quantitative estimate of drug-likeness (QED) is 0.644. The average molecular weight is 257 g/mol. The van der Waals surface area contributed by atoms with Gasteiger partial charge in [0, 0.05) is 5.54 Å². The maximum atomic E-state index is 11.7. The summed E-state index contributed by atoms with van der Waals surface area (Å²) in [5, 5.41) is 3.61. The van der Waals surface area contributed by atoms with Gasteiger partial charge in [-0.1, -0.05) is 34.6 Å². The van der Waals surface area contributed by atoms with Crippen molar-refractivity contribution in [3.05, 3.63) is 0 Å². The van der Waals surface area contributed by atoms with E-state index in [9.17, 15) is 4.79 Å². The lowest BCUT2D eigenvalue weighted by Gasteiger charge is -2.37. The van der Waals surface area contributed by atoms with Crippen LogP contribution in [0.2, 0.25) is 0 Å². The van der Waals surface area contributed by atoms with Gasteiger partial charge in [-0.25, -0.2) is 0 Å². The van der Waals surface area contributed by atoms with Crippen LogP contribution in [0, 0.1) is 11.8 Å². The molecule has 0 spiro atoms. The molecule has 0 saturated heterocycles. The molecule has 0 atom stereocenters.